The van der Waals surface area contributed by atoms with E-state index in [0.717, 1.165) is 24.1 Å². The Morgan fingerprint density at radius 1 is 1.05 bits per heavy atom. The van der Waals surface area contributed by atoms with Gasteiger partial charge in [-0.05, 0) is 31.2 Å². The number of rotatable bonds is 4. The molecular weight excluding hydrogens is 260 g/mol. The summed E-state index contributed by atoms with van der Waals surface area (Å²) in [7, 11) is 0. The molecule has 2 rings (SSSR count). The highest BCUT2D eigenvalue weighted by molar-refractivity contribution is 5.56. The van der Waals surface area contributed by atoms with Crippen LogP contribution in [-0.4, -0.2) is 16.2 Å². The van der Waals surface area contributed by atoms with Gasteiger partial charge in [-0.25, -0.2) is 0 Å². The molecule has 0 unspecified atom stereocenters. The fourth-order valence-electron chi connectivity index (χ4n) is 3.19. The lowest BCUT2D eigenvalue weighted by Gasteiger charge is -2.22. The zero-order valence-corrected chi connectivity index (χ0v) is 13.3. The van der Waals surface area contributed by atoms with Gasteiger partial charge < -0.3 is 5.32 Å². The number of nitrogens with zero attached hydrogens (tertiary/aromatic N) is 3. The maximum absolute atomic E-state index is 9.52. The van der Waals surface area contributed by atoms with Crippen molar-refractivity contribution in [2.24, 2.45) is 0 Å². The highest BCUT2D eigenvalue weighted by Crippen LogP contribution is 2.24. The summed E-state index contributed by atoms with van der Waals surface area (Å²) in [5.74, 6) is 0.692. The Hall–Kier alpha value is -1.63. The van der Waals surface area contributed by atoms with Crippen LogP contribution in [0.25, 0.3) is 0 Å². The average molecular weight is 286 g/mol. The van der Waals surface area contributed by atoms with Crippen LogP contribution < -0.4 is 5.32 Å². The van der Waals surface area contributed by atoms with E-state index in [4.69, 9.17) is 0 Å². The first kappa shape index (κ1) is 15.8. The summed E-state index contributed by atoms with van der Waals surface area (Å²) in [6.45, 7) is 4.14. The van der Waals surface area contributed by atoms with Crippen LogP contribution in [-0.2, 0) is 12.8 Å². The molecule has 114 valence electrons. The zero-order chi connectivity index (χ0) is 15.1. The molecule has 0 bridgehead atoms. The van der Waals surface area contributed by atoms with Gasteiger partial charge >= 0.3 is 0 Å². The molecule has 0 spiro atoms. The van der Waals surface area contributed by atoms with Crippen LogP contribution in [0.5, 0.6) is 0 Å². The number of anilines is 1. The van der Waals surface area contributed by atoms with Gasteiger partial charge in [-0.15, -0.1) is 5.10 Å². The Morgan fingerprint density at radius 3 is 2.29 bits per heavy atom. The Bertz CT molecular complexity index is 496. The fourth-order valence-corrected chi connectivity index (χ4v) is 3.19. The van der Waals surface area contributed by atoms with E-state index in [0.29, 0.717) is 17.4 Å². The SMILES string of the molecule is CCc1nnc(NC2CCCCCCC2)c(C#N)c1CC. The number of nitrogens with one attached hydrogen (secondary N) is 1. The second-order valence-corrected chi connectivity index (χ2v) is 5.85. The van der Waals surface area contributed by atoms with E-state index in [-0.39, 0.29) is 0 Å². The minimum absolute atomic E-state index is 0.434. The second kappa shape index (κ2) is 7.97. The Labute approximate surface area is 128 Å². The molecule has 1 aromatic heterocycles. The van der Waals surface area contributed by atoms with Crippen LogP contribution in [0.1, 0.15) is 75.6 Å². The van der Waals surface area contributed by atoms with Gasteiger partial charge in [0.05, 0.1) is 5.69 Å². The monoisotopic (exact) mass is 286 g/mol. The molecule has 1 aliphatic carbocycles. The van der Waals surface area contributed by atoms with Crippen LogP contribution in [0, 0.1) is 11.3 Å². The van der Waals surface area contributed by atoms with Crippen molar-refractivity contribution in [1.29, 1.82) is 5.26 Å². The third-order valence-electron chi connectivity index (χ3n) is 4.40. The molecule has 1 saturated carbocycles. The molecule has 1 fully saturated rings. The van der Waals surface area contributed by atoms with Gasteiger partial charge in [0, 0.05) is 6.04 Å². The van der Waals surface area contributed by atoms with Crippen molar-refractivity contribution in [3.05, 3.63) is 16.8 Å². The van der Waals surface area contributed by atoms with Gasteiger partial charge in [0.25, 0.3) is 0 Å². The lowest BCUT2D eigenvalue weighted by Crippen LogP contribution is -2.23. The molecule has 0 aliphatic heterocycles. The molecular formula is C17H26N4. The maximum atomic E-state index is 9.52. The summed E-state index contributed by atoms with van der Waals surface area (Å²) in [5.41, 5.74) is 2.71. The molecule has 0 amide bonds. The van der Waals surface area contributed by atoms with Crippen molar-refractivity contribution in [1.82, 2.24) is 10.2 Å². The van der Waals surface area contributed by atoms with Crippen LogP contribution in [0.2, 0.25) is 0 Å². The predicted molar refractivity (Wildman–Crippen MR) is 85.2 cm³/mol. The van der Waals surface area contributed by atoms with Gasteiger partial charge in [-0.1, -0.05) is 46.0 Å². The van der Waals surface area contributed by atoms with E-state index < -0.39 is 0 Å². The third kappa shape index (κ3) is 3.93. The number of hydrogen-bond acceptors (Lipinski definition) is 4. The number of aryl methyl sites for hydroxylation is 1. The van der Waals surface area contributed by atoms with E-state index in [1.54, 1.807) is 0 Å². The summed E-state index contributed by atoms with van der Waals surface area (Å²) in [5, 5.41) is 21.6. The molecule has 4 nitrogen and oxygen atoms in total. The molecule has 1 N–H and O–H groups in total. The molecule has 1 heterocycles. The van der Waals surface area contributed by atoms with Crippen molar-refractivity contribution in [3.63, 3.8) is 0 Å². The quantitative estimate of drug-likeness (QED) is 0.908. The molecule has 4 heteroatoms. The van der Waals surface area contributed by atoms with Gasteiger partial charge in [0.15, 0.2) is 5.82 Å². The lowest BCUT2D eigenvalue weighted by molar-refractivity contribution is 0.470. The smallest absolute Gasteiger partial charge is 0.167 e. The minimum Gasteiger partial charge on any atom is -0.365 e. The zero-order valence-electron chi connectivity index (χ0n) is 13.3. The maximum Gasteiger partial charge on any atom is 0.167 e. The molecule has 0 atom stereocenters. The first-order valence-corrected chi connectivity index (χ1v) is 8.35. The summed E-state index contributed by atoms with van der Waals surface area (Å²) in [6.07, 6.45) is 10.5. The lowest BCUT2D eigenvalue weighted by atomic mass is 9.96. The van der Waals surface area contributed by atoms with E-state index in [2.05, 4.69) is 35.4 Å². The summed E-state index contributed by atoms with van der Waals surface area (Å²) in [6, 6.07) is 2.78. The van der Waals surface area contributed by atoms with E-state index in [1.165, 1.54) is 44.9 Å². The van der Waals surface area contributed by atoms with Gasteiger partial charge in [-0.2, -0.15) is 10.4 Å². The Balaban J connectivity index is 2.20. The average Bonchev–Trinajstić information content (AvgIpc) is 2.48. The largest absolute Gasteiger partial charge is 0.365 e. The predicted octanol–water partition coefficient (Wildman–Crippen LogP) is 4.00. The van der Waals surface area contributed by atoms with E-state index in [1.807, 2.05) is 0 Å². The number of hydrogen-bond donors (Lipinski definition) is 1. The van der Waals surface area contributed by atoms with Crippen LogP contribution in [0.3, 0.4) is 0 Å². The molecule has 1 aromatic rings. The number of nitriles is 1. The van der Waals surface area contributed by atoms with Gasteiger partial charge in [0.1, 0.15) is 11.6 Å². The van der Waals surface area contributed by atoms with E-state index in [9.17, 15) is 5.26 Å². The first-order chi connectivity index (χ1) is 10.3. The molecule has 0 saturated heterocycles. The molecule has 21 heavy (non-hydrogen) atoms. The van der Waals surface area contributed by atoms with Crippen molar-refractivity contribution in [3.8, 4) is 6.07 Å². The van der Waals surface area contributed by atoms with Crippen molar-refractivity contribution in [2.45, 2.75) is 77.7 Å². The Kier molecular flexibility index (Phi) is 5.98. The standard InChI is InChI=1S/C17H26N4/c1-3-14-15(12-18)17(21-20-16(14)4-2)19-13-10-8-6-5-7-9-11-13/h13H,3-11H2,1-2H3,(H,19,21). The second-order valence-electron chi connectivity index (χ2n) is 5.85. The van der Waals surface area contributed by atoms with Crippen LogP contribution in [0.15, 0.2) is 0 Å². The molecule has 0 radical (unpaired) electrons. The van der Waals surface area contributed by atoms with Gasteiger partial charge in [0.2, 0.25) is 0 Å². The first-order valence-electron chi connectivity index (χ1n) is 8.35. The van der Waals surface area contributed by atoms with Crippen LogP contribution in [0.4, 0.5) is 5.82 Å². The van der Waals surface area contributed by atoms with E-state index >= 15 is 0 Å². The third-order valence-corrected chi connectivity index (χ3v) is 4.40. The molecule has 1 aliphatic rings. The normalized spacial score (nSPS) is 16.8. The van der Waals surface area contributed by atoms with Crippen molar-refractivity contribution >= 4 is 5.82 Å². The minimum atomic E-state index is 0.434. The summed E-state index contributed by atoms with van der Waals surface area (Å²) >= 11 is 0. The van der Waals surface area contributed by atoms with Gasteiger partial charge in [-0.3, -0.25) is 0 Å². The van der Waals surface area contributed by atoms with Crippen molar-refractivity contribution in [2.75, 3.05) is 5.32 Å². The molecule has 0 aromatic carbocycles. The van der Waals surface area contributed by atoms with Crippen molar-refractivity contribution < 1.29 is 0 Å². The highest BCUT2D eigenvalue weighted by atomic mass is 15.2. The topological polar surface area (TPSA) is 61.6 Å². The Morgan fingerprint density at radius 2 is 1.71 bits per heavy atom. The van der Waals surface area contributed by atoms with Crippen LogP contribution >= 0.6 is 0 Å². The summed E-state index contributed by atoms with van der Waals surface area (Å²) < 4.78 is 0. The fraction of sp³-hybridized carbons (Fsp3) is 0.706. The number of aromatic nitrogens is 2. The summed E-state index contributed by atoms with van der Waals surface area (Å²) in [4.78, 5) is 0. The highest BCUT2D eigenvalue weighted by Gasteiger charge is 2.18.